The first-order valence-corrected chi connectivity index (χ1v) is 2.88. The van der Waals surface area contributed by atoms with Crippen molar-refractivity contribution in [3.63, 3.8) is 0 Å². The minimum Gasteiger partial charge on any atom is -0.481 e. The molecule has 0 saturated heterocycles. The van der Waals surface area contributed by atoms with Crippen LogP contribution in [0.25, 0.3) is 0 Å². The number of carboxylic acid groups (broad SMARTS) is 1. The summed E-state index contributed by atoms with van der Waals surface area (Å²) in [5.74, 6) is -0.742. The number of hydrogen-bond acceptors (Lipinski definition) is 2. The van der Waals surface area contributed by atoms with Crippen molar-refractivity contribution >= 4 is 12.2 Å². The van der Waals surface area contributed by atoms with Crippen LogP contribution in [0.2, 0.25) is 0 Å². The molecule has 1 aliphatic rings. The summed E-state index contributed by atoms with van der Waals surface area (Å²) in [5, 5.41) is 8.54. The Morgan fingerprint density at radius 3 is 2.44 bits per heavy atom. The minimum atomic E-state index is -0.742. The van der Waals surface area contributed by atoms with Crippen LogP contribution < -0.4 is 0 Å². The van der Waals surface area contributed by atoms with Crippen LogP contribution in [0.4, 0.5) is 0 Å². The van der Waals surface area contributed by atoms with E-state index in [0.717, 1.165) is 12.8 Å². The van der Waals surface area contributed by atoms with Crippen LogP contribution in [0, 0.1) is 5.41 Å². The van der Waals surface area contributed by atoms with Crippen molar-refractivity contribution in [2.24, 2.45) is 10.4 Å². The summed E-state index contributed by atoms with van der Waals surface area (Å²) in [6.45, 7) is 0. The van der Waals surface area contributed by atoms with Gasteiger partial charge in [0.1, 0.15) is 5.41 Å². The highest BCUT2D eigenvalue weighted by molar-refractivity contribution is 5.97. The Morgan fingerprint density at radius 1 is 1.78 bits per heavy atom. The molecular formula is C6H9NO2. The molecule has 0 aromatic heterocycles. The van der Waals surface area contributed by atoms with Crippen LogP contribution >= 0.6 is 0 Å². The van der Waals surface area contributed by atoms with Gasteiger partial charge < -0.3 is 5.11 Å². The van der Waals surface area contributed by atoms with E-state index in [9.17, 15) is 4.79 Å². The standard InChI is InChI=1S/C6H9NO2/c1-7-4-6(2-3-6)5(8)9/h4H,2-3H2,1H3,(H,8,9). The summed E-state index contributed by atoms with van der Waals surface area (Å²) in [5.41, 5.74) is -0.575. The highest BCUT2D eigenvalue weighted by Crippen LogP contribution is 2.43. The summed E-state index contributed by atoms with van der Waals surface area (Å²) >= 11 is 0. The topological polar surface area (TPSA) is 49.7 Å². The molecular weight excluding hydrogens is 118 g/mol. The lowest BCUT2D eigenvalue weighted by molar-refractivity contribution is -0.140. The minimum absolute atomic E-state index is 0.575. The van der Waals surface area contributed by atoms with Gasteiger partial charge >= 0.3 is 5.97 Å². The summed E-state index contributed by atoms with van der Waals surface area (Å²) < 4.78 is 0. The molecule has 3 heteroatoms. The van der Waals surface area contributed by atoms with Crippen molar-refractivity contribution in [1.82, 2.24) is 0 Å². The fourth-order valence-corrected chi connectivity index (χ4v) is 0.780. The highest BCUT2D eigenvalue weighted by Gasteiger charge is 2.48. The molecule has 0 atom stereocenters. The van der Waals surface area contributed by atoms with Crippen LogP contribution in [0.3, 0.4) is 0 Å². The van der Waals surface area contributed by atoms with Crippen molar-refractivity contribution in [1.29, 1.82) is 0 Å². The zero-order valence-electron chi connectivity index (χ0n) is 5.29. The summed E-state index contributed by atoms with van der Waals surface area (Å²) in [6, 6.07) is 0. The van der Waals surface area contributed by atoms with Gasteiger partial charge in [-0.3, -0.25) is 9.79 Å². The summed E-state index contributed by atoms with van der Waals surface area (Å²) in [6.07, 6.45) is 3.02. The van der Waals surface area contributed by atoms with E-state index in [-0.39, 0.29) is 0 Å². The van der Waals surface area contributed by atoms with Gasteiger partial charge in [-0.2, -0.15) is 0 Å². The lowest BCUT2D eigenvalue weighted by atomic mass is 10.1. The molecule has 0 bridgehead atoms. The highest BCUT2D eigenvalue weighted by atomic mass is 16.4. The van der Waals surface area contributed by atoms with E-state index in [1.165, 1.54) is 6.21 Å². The monoisotopic (exact) mass is 127 g/mol. The zero-order valence-corrected chi connectivity index (χ0v) is 5.29. The molecule has 50 valence electrons. The Morgan fingerprint density at radius 2 is 2.33 bits per heavy atom. The second-order valence-electron chi connectivity index (χ2n) is 2.35. The lowest BCUT2D eigenvalue weighted by Crippen LogP contribution is -2.15. The third kappa shape index (κ3) is 0.943. The van der Waals surface area contributed by atoms with Crippen molar-refractivity contribution in [2.75, 3.05) is 7.05 Å². The lowest BCUT2D eigenvalue weighted by Gasteiger charge is -1.97. The smallest absolute Gasteiger partial charge is 0.315 e. The molecule has 0 aromatic rings. The predicted octanol–water partition coefficient (Wildman–Crippen LogP) is 0.552. The van der Waals surface area contributed by atoms with Crippen LogP contribution in [0.15, 0.2) is 4.99 Å². The molecule has 0 spiro atoms. The maximum Gasteiger partial charge on any atom is 0.315 e. The Kier molecular flexibility index (Phi) is 1.27. The van der Waals surface area contributed by atoms with Crippen LogP contribution in [0.5, 0.6) is 0 Å². The number of hydrogen-bond donors (Lipinski definition) is 1. The number of aliphatic imine (C=N–C) groups is 1. The first-order chi connectivity index (χ1) is 4.21. The molecule has 3 nitrogen and oxygen atoms in total. The second-order valence-corrected chi connectivity index (χ2v) is 2.35. The van der Waals surface area contributed by atoms with Gasteiger partial charge in [-0.15, -0.1) is 0 Å². The molecule has 1 rings (SSSR count). The number of rotatable bonds is 2. The van der Waals surface area contributed by atoms with Crippen molar-refractivity contribution in [3.05, 3.63) is 0 Å². The summed E-state index contributed by atoms with van der Waals surface area (Å²) in [7, 11) is 1.60. The molecule has 0 aliphatic heterocycles. The quantitative estimate of drug-likeness (QED) is 0.551. The van der Waals surface area contributed by atoms with E-state index in [1.807, 2.05) is 0 Å². The molecule has 1 saturated carbocycles. The van der Waals surface area contributed by atoms with E-state index in [0.29, 0.717) is 0 Å². The molecule has 0 radical (unpaired) electrons. The largest absolute Gasteiger partial charge is 0.481 e. The average molecular weight is 127 g/mol. The molecule has 0 amide bonds. The molecule has 0 aromatic carbocycles. The van der Waals surface area contributed by atoms with E-state index < -0.39 is 11.4 Å². The zero-order chi connectivity index (χ0) is 6.91. The fraction of sp³-hybridized carbons (Fsp3) is 0.667. The van der Waals surface area contributed by atoms with E-state index in [2.05, 4.69) is 4.99 Å². The SMILES string of the molecule is CN=CC1(C(=O)O)CC1. The second kappa shape index (κ2) is 1.83. The van der Waals surface area contributed by atoms with Gasteiger partial charge in [-0.25, -0.2) is 0 Å². The van der Waals surface area contributed by atoms with Gasteiger partial charge in [-0.1, -0.05) is 0 Å². The Labute approximate surface area is 53.4 Å². The van der Waals surface area contributed by atoms with Crippen LogP contribution in [0.1, 0.15) is 12.8 Å². The third-order valence-corrected chi connectivity index (χ3v) is 1.59. The van der Waals surface area contributed by atoms with Gasteiger partial charge in [0.15, 0.2) is 0 Å². The maximum atomic E-state index is 10.4. The number of aliphatic carboxylic acids is 1. The Bertz CT molecular complexity index is 158. The van der Waals surface area contributed by atoms with Crippen LogP contribution in [-0.2, 0) is 4.79 Å². The molecule has 1 fully saturated rings. The first kappa shape index (κ1) is 6.26. The maximum absolute atomic E-state index is 10.4. The van der Waals surface area contributed by atoms with Gasteiger partial charge in [0.2, 0.25) is 0 Å². The first-order valence-electron chi connectivity index (χ1n) is 2.88. The Hall–Kier alpha value is -0.860. The van der Waals surface area contributed by atoms with Gasteiger partial charge in [-0.05, 0) is 12.8 Å². The molecule has 0 heterocycles. The van der Waals surface area contributed by atoms with E-state index in [1.54, 1.807) is 7.05 Å². The average Bonchev–Trinajstić information content (AvgIpc) is 2.49. The van der Waals surface area contributed by atoms with Gasteiger partial charge in [0.05, 0.1) is 0 Å². The normalized spacial score (nSPS) is 22.3. The number of nitrogens with zero attached hydrogens (tertiary/aromatic N) is 1. The van der Waals surface area contributed by atoms with E-state index in [4.69, 9.17) is 5.11 Å². The molecule has 1 aliphatic carbocycles. The molecule has 9 heavy (non-hydrogen) atoms. The number of carboxylic acids is 1. The van der Waals surface area contributed by atoms with Crippen molar-refractivity contribution < 1.29 is 9.90 Å². The fourth-order valence-electron chi connectivity index (χ4n) is 0.780. The van der Waals surface area contributed by atoms with Crippen molar-refractivity contribution in [3.8, 4) is 0 Å². The molecule has 1 N–H and O–H groups in total. The third-order valence-electron chi connectivity index (χ3n) is 1.59. The van der Waals surface area contributed by atoms with Gasteiger partial charge in [0, 0.05) is 13.3 Å². The van der Waals surface area contributed by atoms with Gasteiger partial charge in [0.25, 0.3) is 0 Å². The van der Waals surface area contributed by atoms with Crippen LogP contribution in [-0.4, -0.2) is 24.3 Å². The number of carbonyl (C=O) groups is 1. The van der Waals surface area contributed by atoms with E-state index >= 15 is 0 Å². The summed E-state index contributed by atoms with van der Waals surface area (Å²) in [4.78, 5) is 14.1. The predicted molar refractivity (Wildman–Crippen MR) is 33.7 cm³/mol. The molecule has 0 unspecified atom stereocenters. The Balaban J connectivity index is 2.63. The van der Waals surface area contributed by atoms with Crippen molar-refractivity contribution in [2.45, 2.75) is 12.8 Å².